The Hall–Kier alpha value is -1.96. The van der Waals surface area contributed by atoms with Crippen LogP contribution in [0.1, 0.15) is 42.4 Å². The van der Waals surface area contributed by atoms with Crippen LogP contribution in [0, 0.1) is 6.92 Å². The number of carbonyl (C=O) groups is 1. The van der Waals surface area contributed by atoms with Gasteiger partial charge in [-0.3, -0.25) is 4.68 Å². The fourth-order valence-corrected chi connectivity index (χ4v) is 3.42. The molecule has 0 aliphatic heterocycles. The molecule has 2 aromatic rings. The number of nitrogens with zero attached hydrogens (tertiary/aromatic N) is 5. The molecule has 0 saturated carbocycles. The summed E-state index contributed by atoms with van der Waals surface area (Å²) < 4.78 is 1.70. The van der Waals surface area contributed by atoms with Crippen molar-refractivity contribution in [2.24, 2.45) is 0 Å². The predicted molar refractivity (Wildman–Crippen MR) is 90.4 cm³/mol. The molecule has 0 aliphatic rings. The van der Waals surface area contributed by atoms with Crippen molar-refractivity contribution in [3.63, 3.8) is 0 Å². The van der Waals surface area contributed by atoms with Crippen molar-refractivity contribution in [2.75, 3.05) is 7.05 Å². The van der Waals surface area contributed by atoms with Gasteiger partial charge in [0.1, 0.15) is 12.7 Å². The fraction of sp³-hybridized carbons (Fsp3) is 0.600. The van der Waals surface area contributed by atoms with Crippen LogP contribution in [0.25, 0.3) is 0 Å². The van der Waals surface area contributed by atoms with Crippen molar-refractivity contribution in [3.8, 4) is 0 Å². The van der Waals surface area contributed by atoms with E-state index < -0.39 is 0 Å². The summed E-state index contributed by atoms with van der Waals surface area (Å²) in [4.78, 5) is 23.7. The molecule has 0 radical (unpaired) electrons. The van der Waals surface area contributed by atoms with Gasteiger partial charge in [-0.15, -0.1) is 11.3 Å². The molecule has 2 atom stereocenters. The van der Waals surface area contributed by atoms with E-state index >= 15 is 0 Å². The normalized spacial score (nSPS) is 13.6. The second-order valence-corrected chi connectivity index (χ2v) is 6.78. The van der Waals surface area contributed by atoms with E-state index in [0.717, 1.165) is 22.0 Å². The molecule has 2 rings (SSSR count). The zero-order valence-corrected chi connectivity index (χ0v) is 15.1. The average molecular weight is 336 g/mol. The summed E-state index contributed by atoms with van der Waals surface area (Å²) in [5.74, 6) is 0. The first-order valence-electron chi connectivity index (χ1n) is 7.74. The SMILES string of the molecule is CCc1nc(C)c([C@H](C)N(C)C(=O)N[C@H](C)Cn2cncn2)s1. The number of hydrogen-bond donors (Lipinski definition) is 1. The molecule has 126 valence electrons. The monoisotopic (exact) mass is 336 g/mol. The molecule has 0 aromatic carbocycles. The highest BCUT2D eigenvalue weighted by Gasteiger charge is 2.22. The van der Waals surface area contributed by atoms with Crippen LogP contribution in [0.2, 0.25) is 0 Å². The van der Waals surface area contributed by atoms with E-state index in [9.17, 15) is 4.79 Å². The van der Waals surface area contributed by atoms with Gasteiger partial charge < -0.3 is 10.2 Å². The number of hydrogen-bond acceptors (Lipinski definition) is 5. The summed E-state index contributed by atoms with van der Waals surface area (Å²) >= 11 is 1.68. The van der Waals surface area contributed by atoms with Gasteiger partial charge in [0.15, 0.2) is 0 Å². The largest absolute Gasteiger partial charge is 0.334 e. The maximum atomic E-state index is 12.4. The highest BCUT2D eigenvalue weighted by Crippen LogP contribution is 2.28. The van der Waals surface area contributed by atoms with Crippen molar-refractivity contribution in [2.45, 2.75) is 52.7 Å². The number of aryl methyl sites for hydroxylation is 2. The Morgan fingerprint density at radius 1 is 1.48 bits per heavy atom. The molecular formula is C15H24N6OS. The van der Waals surface area contributed by atoms with Gasteiger partial charge in [0, 0.05) is 18.0 Å². The van der Waals surface area contributed by atoms with Crippen molar-refractivity contribution in [1.29, 1.82) is 0 Å². The lowest BCUT2D eigenvalue weighted by atomic mass is 10.2. The molecule has 0 bridgehead atoms. The Labute approximate surface area is 140 Å². The molecule has 7 nitrogen and oxygen atoms in total. The Morgan fingerprint density at radius 3 is 2.78 bits per heavy atom. The van der Waals surface area contributed by atoms with Gasteiger partial charge >= 0.3 is 6.03 Å². The van der Waals surface area contributed by atoms with E-state index in [1.54, 1.807) is 27.2 Å². The van der Waals surface area contributed by atoms with Gasteiger partial charge in [0.25, 0.3) is 0 Å². The molecule has 0 aliphatic carbocycles. The Bertz CT molecular complexity index is 638. The van der Waals surface area contributed by atoms with Gasteiger partial charge in [-0.2, -0.15) is 5.10 Å². The number of thiazole rings is 1. The van der Waals surface area contributed by atoms with Crippen LogP contribution in [0.5, 0.6) is 0 Å². The molecule has 2 amide bonds. The second kappa shape index (κ2) is 7.54. The van der Waals surface area contributed by atoms with Gasteiger partial charge in [0.2, 0.25) is 0 Å². The molecule has 0 fully saturated rings. The van der Waals surface area contributed by atoms with Gasteiger partial charge in [-0.1, -0.05) is 6.92 Å². The van der Waals surface area contributed by atoms with Crippen molar-refractivity contribution < 1.29 is 4.79 Å². The summed E-state index contributed by atoms with van der Waals surface area (Å²) in [6.45, 7) is 8.66. The second-order valence-electron chi connectivity index (χ2n) is 5.67. The molecule has 8 heteroatoms. The number of aromatic nitrogens is 4. The topological polar surface area (TPSA) is 75.9 Å². The summed E-state index contributed by atoms with van der Waals surface area (Å²) in [5, 5.41) is 8.15. The first kappa shape index (κ1) is 17.4. The average Bonchev–Trinajstić information content (AvgIpc) is 3.14. The minimum Gasteiger partial charge on any atom is -0.334 e. The third-order valence-corrected chi connectivity index (χ3v) is 5.23. The minimum absolute atomic E-state index is 0.00799. The molecule has 0 spiro atoms. The lowest BCUT2D eigenvalue weighted by molar-refractivity contribution is 0.190. The van der Waals surface area contributed by atoms with E-state index in [-0.39, 0.29) is 18.1 Å². The van der Waals surface area contributed by atoms with Crippen LogP contribution in [-0.4, -0.2) is 43.8 Å². The van der Waals surface area contributed by atoms with Crippen molar-refractivity contribution >= 4 is 17.4 Å². The summed E-state index contributed by atoms with van der Waals surface area (Å²) in [5.41, 5.74) is 1.01. The first-order chi connectivity index (χ1) is 10.9. The number of carbonyl (C=O) groups excluding carboxylic acids is 1. The summed E-state index contributed by atoms with van der Waals surface area (Å²) in [6.07, 6.45) is 4.05. The first-order valence-corrected chi connectivity index (χ1v) is 8.56. The van der Waals surface area contributed by atoms with E-state index in [1.807, 2.05) is 27.8 Å². The highest BCUT2D eigenvalue weighted by molar-refractivity contribution is 7.11. The van der Waals surface area contributed by atoms with Crippen LogP contribution in [-0.2, 0) is 13.0 Å². The van der Waals surface area contributed by atoms with Crippen LogP contribution < -0.4 is 5.32 Å². The van der Waals surface area contributed by atoms with Crippen LogP contribution >= 0.6 is 11.3 Å². The van der Waals surface area contributed by atoms with Crippen LogP contribution in [0.15, 0.2) is 12.7 Å². The number of amides is 2. The van der Waals surface area contributed by atoms with Gasteiger partial charge in [0.05, 0.1) is 23.3 Å². The van der Waals surface area contributed by atoms with Crippen molar-refractivity contribution in [3.05, 3.63) is 28.2 Å². The zero-order valence-electron chi connectivity index (χ0n) is 14.3. The molecule has 2 aromatic heterocycles. The molecule has 0 saturated heterocycles. The molecule has 1 N–H and O–H groups in total. The fourth-order valence-electron chi connectivity index (χ4n) is 2.32. The number of rotatable bonds is 6. The standard InChI is InChI=1S/C15H24N6OS/c1-6-13-19-11(3)14(23-13)12(4)20(5)15(22)18-10(2)7-21-9-16-8-17-21/h8-10,12H,6-7H2,1-5H3,(H,18,22)/t10-,12+/m1/s1. The highest BCUT2D eigenvalue weighted by atomic mass is 32.1. The summed E-state index contributed by atoms with van der Waals surface area (Å²) in [6, 6.07) is -0.144. The van der Waals surface area contributed by atoms with Gasteiger partial charge in [-0.25, -0.2) is 14.8 Å². The van der Waals surface area contributed by atoms with Crippen LogP contribution in [0.3, 0.4) is 0 Å². The van der Waals surface area contributed by atoms with Crippen LogP contribution in [0.4, 0.5) is 4.79 Å². The van der Waals surface area contributed by atoms with E-state index in [2.05, 4.69) is 27.3 Å². The Morgan fingerprint density at radius 2 is 2.22 bits per heavy atom. The predicted octanol–water partition coefficient (Wildman–Crippen LogP) is 2.40. The third kappa shape index (κ3) is 4.28. The third-order valence-electron chi connectivity index (χ3n) is 3.76. The maximum Gasteiger partial charge on any atom is 0.317 e. The minimum atomic E-state index is -0.101. The number of urea groups is 1. The quantitative estimate of drug-likeness (QED) is 0.879. The number of nitrogens with one attached hydrogen (secondary N) is 1. The summed E-state index contributed by atoms with van der Waals surface area (Å²) in [7, 11) is 1.81. The molecule has 0 unspecified atom stereocenters. The zero-order chi connectivity index (χ0) is 17.0. The van der Waals surface area contributed by atoms with Crippen molar-refractivity contribution in [1.82, 2.24) is 30.0 Å². The molecule has 23 heavy (non-hydrogen) atoms. The Balaban J connectivity index is 1.96. The van der Waals surface area contributed by atoms with E-state index in [0.29, 0.717) is 6.54 Å². The van der Waals surface area contributed by atoms with Gasteiger partial charge in [-0.05, 0) is 27.2 Å². The molecule has 2 heterocycles. The smallest absolute Gasteiger partial charge is 0.317 e. The Kier molecular flexibility index (Phi) is 5.70. The molecular weight excluding hydrogens is 312 g/mol. The maximum absolute atomic E-state index is 12.4. The van der Waals surface area contributed by atoms with E-state index in [4.69, 9.17) is 0 Å². The van der Waals surface area contributed by atoms with E-state index in [1.165, 1.54) is 6.33 Å². The lowest BCUT2D eigenvalue weighted by Gasteiger charge is -2.26. The lowest BCUT2D eigenvalue weighted by Crippen LogP contribution is -2.44.